The van der Waals surface area contributed by atoms with E-state index in [1.165, 1.54) is 0 Å². The van der Waals surface area contributed by atoms with Gasteiger partial charge in [0.1, 0.15) is 11.5 Å². The second kappa shape index (κ2) is 7.66. The van der Waals surface area contributed by atoms with Crippen LogP contribution >= 0.6 is 0 Å². The third kappa shape index (κ3) is 3.96. The number of ether oxygens (including phenoxy) is 3. The lowest BCUT2D eigenvalue weighted by Crippen LogP contribution is -2.18. The summed E-state index contributed by atoms with van der Waals surface area (Å²) < 4.78 is 20.9. The van der Waals surface area contributed by atoms with Crippen LogP contribution in [-0.4, -0.2) is 39.6 Å². The maximum atomic E-state index is 5.38. The molecule has 0 saturated carbocycles. The largest absolute Gasteiger partial charge is 0.497 e. The Balaban J connectivity index is 2.10. The summed E-state index contributed by atoms with van der Waals surface area (Å²) in [5.74, 6) is 2.08. The molecule has 114 valence electrons. The van der Waals surface area contributed by atoms with Gasteiger partial charge >= 0.3 is 0 Å². The zero-order valence-corrected chi connectivity index (χ0v) is 12.5. The number of hydrogen-bond donors (Lipinski definition) is 1. The van der Waals surface area contributed by atoms with E-state index >= 15 is 0 Å². The van der Waals surface area contributed by atoms with Crippen LogP contribution in [-0.2, 0) is 11.3 Å². The zero-order valence-electron chi connectivity index (χ0n) is 12.5. The van der Waals surface area contributed by atoms with Crippen LogP contribution in [0.5, 0.6) is 11.5 Å². The molecule has 0 bridgehead atoms. The van der Waals surface area contributed by atoms with Crippen molar-refractivity contribution >= 4 is 0 Å². The second-order valence-electron chi connectivity index (χ2n) is 4.42. The molecule has 0 unspecified atom stereocenters. The molecule has 0 aliphatic carbocycles. The van der Waals surface area contributed by atoms with Crippen molar-refractivity contribution in [3.05, 3.63) is 30.0 Å². The van der Waals surface area contributed by atoms with Crippen LogP contribution in [0, 0.1) is 0 Å². The topological polar surface area (TPSA) is 65.8 Å². The highest BCUT2D eigenvalue weighted by atomic mass is 16.5. The quantitative estimate of drug-likeness (QED) is 0.752. The summed E-state index contributed by atoms with van der Waals surface area (Å²) in [6.07, 6.45) is 0. The van der Waals surface area contributed by atoms with Gasteiger partial charge in [0.05, 0.1) is 32.1 Å². The van der Waals surface area contributed by atoms with Gasteiger partial charge in [0, 0.05) is 32.3 Å². The molecule has 6 nitrogen and oxygen atoms in total. The van der Waals surface area contributed by atoms with E-state index in [1.54, 1.807) is 21.3 Å². The number of methoxy groups -OCH3 is 3. The van der Waals surface area contributed by atoms with Crippen molar-refractivity contribution in [1.29, 1.82) is 0 Å². The minimum absolute atomic E-state index is 0.630. The van der Waals surface area contributed by atoms with Crippen LogP contribution in [0.25, 0.3) is 11.3 Å². The SMILES string of the molecule is COCCNCc1cc(-c2ccc(OC)cc2OC)on1. The van der Waals surface area contributed by atoms with Crippen molar-refractivity contribution in [3.63, 3.8) is 0 Å². The first-order valence-corrected chi connectivity index (χ1v) is 6.66. The van der Waals surface area contributed by atoms with Gasteiger partial charge < -0.3 is 24.1 Å². The van der Waals surface area contributed by atoms with Gasteiger partial charge in [-0.05, 0) is 12.1 Å². The van der Waals surface area contributed by atoms with Crippen LogP contribution in [0.15, 0.2) is 28.8 Å². The average molecular weight is 292 g/mol. The molecule has 1 N–H and O–H groups in total. The smallest absolute Gasteiger partial charge is 0.170 e. The third-order valence-electron chi connectivity index (χ3n) is 3.02. The highest BCUT2D eigenvalue weighted by Crippen LogP contribution is 2.33. The Labute approximate surface area is 124 Å². The van der Waals surface area contributed by atoms with Crippen LogP contribution in [0.4, 0.5) is 0 Å². The van der Waals surface area contributed by atoms with E-state index in [9.17, 15) is 0 Å². The minimum atomic E-state index is 0.630. The van der Waals surface area contributed by atoms with E-state index in [2.05, 4.69) is 10.5 Å². The Morgan fingerprint density at radius 3 is 2.71 bits per heavy atom. The second-order valence-corrected chi connectivity index (χ2v) is 4.42. The van der Waals surface area contributed by atoms with Gasteiger partial charge in [0.25, 0.3) is 0 Å². The van der Waals surface area contributed by atoms with Gasteiger partial charge in [0.15, 0.2) is 5.76 Å². The van der Waals surface area contributed by atoms with E-state index in [0.717, 1.165) is 23.6 Å². The molecule has 21 heavy (non-hydrogen) atoms. The summed E-state index contributed by atoms with van der Waals surface area (Å²) in [4.78, 5) is 0. The molecule has 1 aromatic carbocycles. The number of rotatable bonds is 8. The molecule has 0 saturated heterocycles. The molecule has 0 atom stereocenters. The Hall–Kier alpha value is -2.05. The molecular formula is C15H20N2O4. The maximum absolute atomic E-state index is 5.38. The van der Waals surface area contributed by atoms with Crippen LogP contribution < -0.4 is 14.8 Å². The minimum Gasteiger partial charge on any atom is -0.497 e. The van der Waals surface area contributed by atoms with Gasteiger partial charge in [0.2, 0.25) is 0 Å². The van der Waals surface area contributed by atoms with Gasteiger partial charge in [-0.25, -0.2) is 0 Å². The monoisotopic (exact) mass is 292 g/mol. The predicted molar refractivity (Wildman–Crippen MR) is 78.6 cm³/mol. The van der Waals surface area contributed by atoms with E-state index in [4.69, 9.17) is 18.7 Å². The summed E-state index contributed by atoms with van der Waals surface area (Å²) in [5, 5.41) is 7.26. The molecule has 0 radical (unpaired) electrons. The fraction of sp³-hybridized carbons (Fsp3) is 0.400. The van der Waals surface area contributed by atoms with Crippen LogP contribution in [0.2, 0.25) is 0 Å². The lowest BCUT2D eigenvalue weighted by Gasteiger charge is -2.07. The first-order chi connectivity index (χ1) is 10.3. The number of hydrogen-bond acceptors (Lipinski definition) is 6. The molecule has 0 fully saturated rings. The van der Waals surface area contributed by atoms with Crippen molar-refractivity contribution in [2.45, 2.75) is 6.54 Å². The number of benzene rings is 1. The normalized spacial score (nSPS) is 10.6. The summed E-state index contributed by atoms with van der Waals surface area (Å²) in [7, 11) is 4.90. The van der Waals surface area contributed by atoms with Crippen LogP contribution in [0.1, 0.15) is 5.69 Å². The molecule has 0 aliphatic rings. The first kappa shape index (κ1) is 15.3. The molecule has 2 aromatic rings. The Morgan fingerprint density at radius 1 is 1.14 bits per heavy atom. The first-order valence-electron chi connectivity index (χ1n) is 6.66. The number of nitrogens with zero attached hydrogens (tertiary/aromatic N) is 1. The van der Waals surface area contributed by atoms with Crippen LogP contribution in [0.3, 0.4) is 0 Å². The van der Waals surface area contributed by atoms with E-state index in [0.29, 0.717) is 24.7 Å². The molecule has 6 heteroatoms. The van der Waals surface area contributed by atoms with Crippen molar-refractivity contribution in [2.24, 2.45) is 0 Å². The summed E-state index contributed by atoms with van der Waals surface area (Å²) in [6, 6.07) is 7.45. The predicted octanol–water partition coefficient (Wildman–Crippen LogP) is 2.09. The molecule has 2 rings (SSSR count). The zero-order chi connectivity index (χ0) is 15.1. The van der Waals surface area contributed by atoms with E-state index in [1.807, 2.05) is 24.3 Å². The third-order valence-corrected chi connectivity index (χ3v) is 3.02. The van der Waals surface area contributed by atoms with Gasteiger partial charge in [-0.1, -0.05) is 5.16 Å². The fourth-order valence-corrected chi connectivity index (χ4v) is 1.91. The standard InChI is InChI=1S/C15H20N2O4/c1-18-7-6-16-10-11-8-15(21-17-11)13-5-4-12(19-2)9-14(13)20-3/h4-5,8-9,16H,6-7,10H2,1-3H3. The highest BCUT2D eigenvalue weighted by molar-refractivity contribution is 5.67. The van der Waals surface area contributed by atoms with Gasteiger partial charge in [-0.3, -0.25) is 0 Å². The summed E-state index contributed by atoms with van der Waals surface area (Å²) in [6.45, 7) is 2.06. The van der Waals surface area contributed by atoms with E-state index in [-0.39, 0.29) is 0 Å². The van der Waals surface area contributed by atoms with Gasteiger partial charge in [-0.15, -0.1) is 0 Å². The molecular weight excluding hydrogens is 272 g/mol. The fourth-order valence-electron chi connectivity index (χ4n) is 1.91. The highest BCUT2D eigenvalue weighted by Gasteiger charge is 2.12. The Bertz CT molecular complexity index is 569. The molecule has 0 amide bonds. The van der Waals surface area contributed by atoms with Crippen molar-refractivity contribution in [1.82, 2.24) is 10.5 Å². The number of aromatic nitrogens is 1. The summed E-state index contributed by atoms with van der Waals surface area (Å²) in [5.41, 5.74) is 1.67. The lowest BCUT2D eigenvalue weighted by molar-refractivity contribution is 0.199. The average Bonchev–Trinajstić information content (AvgIpc) is 2.99. The van der Waals surface area contributed by atoms with Crippen molar-refractivity contribution < 1.29 is 18.7 Å². The lowest BCUT2D eigenvalue weighted by atomic mass is 10.1. The molecule has 0 spiro atoms. The molecule has 0 aliphatic heterocycles. The van der Waals surface area contributed by atoms with Crippen molar-refractivity contribution in [3.8, 4) is 22.8 Å². The summed E-state index contributed by atoms with van der Waals surface area (Å²) >= 11 is 0. The maximum Gasteiger partial charge on any atom is 0.170 e. The number of nitrogens with one attached hydrogen (secondary N) is 1. The molecule has 1 aromatic heterocycles. The van der Waals surface area contributed by atoms with Crippen molar-refractivity contribution in [2.75, 3.05) is 34.5 Å². The van der Waals surface area contributed by atoms with E-state index < -0.39 is 0 Å². The Kier molecular flexibility index (Phi) is 5.59. The molecule has 1 heterocycles. The Morgan fingerprint density at radius 2 is 2.00 bits per heavy atom. The van der Waals surface area contributed by atoms with Gasteiger partial charge in [-0.2, -0.15) is 0 Å².